The van der Waals surface area contributed by atoms with Gasteiger partial charge in [0, 0.05) is 18.0 Å². The van der Waals surface area contributed by atoms with Crippen LogP contribution >= 0.6 is 0 Å². The summed E-state index contributed by atoms with van der Waals surface area (Å²) < 4.78 is 43.5. The van der Waals surface area contributed by atoms with Gasteiger partial charge < -0.3 is 9.84 Å². The van der Waals surface area contributed by atoms with Gasteiger partial charge in [-0.25, -0.2) is 0 Å². The molecule has 1 aliphatic rings. The summed E-state index contributed by atoms with van der Waals surface area (Å²) in [6.45, 7) is 0.739. The van der Waals surface area contributed by atoms with Gasteiger partial charge in [0.2, 0.25) is 0 Å². The third kappa shape index (κ3) is 3.85. The summed E-state index contributed by atoms with van der Waals surface area (Å²) in [5, 5.41) is 5.60. The number of nitrogens with one attached hydrogen (secondary N) is 2. The number of hydrogen-bond donors (Lipinski definition) is 2. The van der Waals surface area contributed by atoms with Crippen LogP contribution in [-0.2, 0) is 12.6 Å². The molecule has 124 valence electrons. The molecule has 0 amide bonds. The van der Waals surface area contributed by atoms with Crippen LogP contribution in [0.5, 0.6) is 0 Å². The largest absolute Gasteiger partial charge is 0.416 e. The van der Waals surface area contributed by atoms with Crippen LogP contribution in [0, 0.1) is 0 Å². The van der Waals surface area contributed by atoms with Crippen LogP contribution in [0.3, 0.4) is 0 Å². The van der Waals surface area contributed by atoms with E-state index >= 15 is 0 Å². The van der Waals surface area contributed by atoms with Crippen LogP contribution in [0.1, 0.15) is 35.6 Å². The highest BCUT2D eigenvalue weighted by Crippen LogP contribution is 2.31. The van der Waals surface area contributed by atoms with Crippen LogP contribution in [0.2, 0.25) is 0 Å². The van der Waals surface area contributed by atoms with E-state index in [1.54, 1.807) is 6.07 Å². The SMILES string of the molecule is O=c1cc([C@H]2CCN[C@H](Cc3cccc(C(F)(F)F)c3)C2)o[nH]1. The Bertz CT molecular complexity index is 720. The van der Waals surface area contributed by atoms with Gasteiger partial charge in [-0.3, -0.25) is 4.79 Å². The first kappa shape index (κ1) is 15.9. The second-order valence-electron chi connectivity index (χ2n) is 5.89. The van der Waals surface area contributed by atoms with E-state index in [-0.39, 0.29) is 17.5 Å². The van der Waals surface area contributed by atoms with E-state index in [9.17, 15) is 18.0 Å². The molecule has 1 aromatic carbocycles. The zero-order chi connectivity index (χ0) is 16.4. The van der Waals surface area contributed by atoms with Crippen molar-refractivity contribution in [2.75, 3.05) is 6.54 Å². The number of rotatable bonds is 3. The first-order chi connectivity index (χ1) is 10.9. The number of aromatic amines is 1. The van der Waals surface area contributed by atoms with Crippen molar-refractivity contribution in [2.45, 2.75) is 37.4 Å². The summed E-state index contributed by atoms with van der Waals surface area (Å²) in [5.74, 6) is 0.719. The van der Waals surface area contributed by atoms with E-state index in [0.717, 1.165) is 25.5 Å². The average Bonchev–Trinajstić information content (AvgIpc) is 2.94. The molecule has 0 aliphatic carbocycles. The summed E-state index contributed by atoms with van der Waals surface area (Å²) in [6, 6.07) is 6.91. The lowest BCUT2D eigenvalue weighted by Crippen LogP contribution is -2.38. The Hall–Kier alpha value is -2.02. The van der Waals surface area contributed by atoms with E-state index in [2.05, 4.69) is 10.5 Å². The molecular weight excluding hydrogens is 309 g/mol. The molecule has 7 heteroatoms. The molecule has 1 aliphatic heterocycles. The van der Waals surface area contributed by atoms with E-state index < -0.39 is 11.7 Å². The van der Waals surface area contributed by atoms with Crippen molar-refractivity contribution in [3.8, 4) is 0 Å². The van der Waals surface area contributed by atoms with Crippen LogP contribution < -0.4 is 10.9 Å². The summed E-state index contributed by atoms with van der Waals surface area (Å²) in [5.41, 5.74) is -0.250. The number of aromatic nitrogens is 1. The summed E-state index contributed by atoms with van der Waals surface area (Å²) in [6.07, 6.45) is -2.26. The fourth-order valence-electron chi connectivity index (χ4n) is 3.08. The molecule has 1 saturated heterocycles. The topological polar surface area (TPSA) is 58.0 Å². The second kappa shape index (κ2) is 6.23. The molecule has 1 fully saturated rings. The third-order valence-electron chi connectivity index (χ3n) is 4.18. The predicted molar refractivity (Wildman–Crippen MR) is 78.2 cm³/mol. The van der Waals surface area contributed by atoms with Gasteiger partial charge in [-0.15, -0.1) is 0 Å². The summed E-state index contributed by atoms with van der Waals surface area (Å²) >= 11 is 0. The van der Waals surface area contributed by atoms with Crippen molar-refractivity contribution in [1.29, 1.82) is 0 Å². The van der Waals surface area contributed by atoms with Gasteiger partial charge in [0.15, 0.2) is 0 Å². The van der Waals surface area contributed by atoms with E-state index in [1.165, 1.54) is 18.2 Å². The first-order valence-corrected chi connectivity index (χ1v) is 7.50. The Morgan fingerprint density at radius 2 is 2.09 bits per heavy atom. The molecule has 0 radical (unpaired) electrons. The highest BCUT2D eigenvalue weighted by molar-refractivity contribution is 5.26. The fraction of sp³-hybridized carbons (Fsp3) is 0.438. The third-order valence-corrected chi connectivity index (χ3v) is 4.18. The maximum absolute atomic E-state index is 12.8. The number of H-pyrrole nitrogens is 1. The smallest absolute Gasteiger partial charge is 0.383 e. The van der Waals surface area contributed by atoms with E-state index in [1.807, 2.05) is 0 Å². The van der Waals surface area contributed by atoms with Crippen LogP contribution in [0.15, 0.2) is 39.6 Å². The zero-order valence-corrected chi connectivity index (χ0v) is 12.3. The lowest BCUT2D eigenvalue weighted by molar-refractivity contribution is -0.137. The molecule has 0 saturated carbocycles. The van der Waals surface area contributed by atoms with Crippen molar-refractivity contribution in [3.05, 3.63) is 57.6 Å². The van der Waals surface area contributed by atoms with Gasteiger partial charge >= 0.3 is 6.18 Å². The van der Waals surface area contributed by atoms with Crippen molar-refractivity contribution in [2.24, 2.45) is 0 Å². The molecule has 2 atom stereocenters. The Kier molecular flexibility index (Phi) is 4.30. The highest BCUT2D eigenvalue weighted by atomic mass is 19.4. The highest BCUT2D eigenvalue weighted by Gasteiger charge is 2.31. The molecule has 2 heterocycles. The van der Waals surface area contributed by atoms with Gasteiger partial charge in [-0.2, -0.15) is 18.3 Å². The molecule has 23 heavy (non-hydrogen) atoms. The quantitative estimate of drug-likeness (QED) is 0.911. The van der Waals surface area contributed by atoms with Gasteiger partial charge in [0.1, 0.15) is 5.76 Å². The monoisotopic (exact) mass is 326 g/mol. The van der Waals surface area contributed by atoms with Crippen LogP contribution in [-0.4, -0.2) is 17.7 Å². The van der Waals surface area contributed by atoms with E-state index in [4.69, 9.17) is 4.52 Å². The Labute approximate surface area is 130 Å². The lowest BCUT2D eigenvalue weighted by Gasteiger charge is -2.29. The first-order valence-electron chi connectivity index (χ1n) is 7.50. The molecule has 2 N–H and O–H groups in total. The number of piperidine rings is 1. The average molecular weight is 326 g/mol. The fourth-order valence-corrected chi connectivity index (χ4v) is 3.08. The van der Waals surface area contributed by atoms with Crippen molar-refractivity contribution >= 4 is 0 Å². The Morgan fingerprint density at radius 1 is 1.26 bits per heavy atom. The molecule has 0 bridgehead atoms. The van der Waals surface area contributed by atoms with Gasteiger partial charge in [0.05, 0.1) is 5.56 Å². The van der Waals surface area contributed by atoms with Crippen molar-refractivity contribution in [1.82, 2.24) is 10.5 Å². The van der Waals surface area contributed by atoms with Crippen molar-refractivity contribution in [3.63, 3.8) is 0 Å². The molecule has 0 unspecified atom stereocenters. The van der Waals surface area contributed by atoms with Gasteiger partial charge in [-0.1, -0.05) is 18.2 Å². The normalized spacial score (nSPS) is 22.2. The van der Waals surface area contributed by atoms with Crippen LogP contribution in [0.25, 0.3) is 0 Å². The zero-order valence-electron chi connectivity index (χ0n) is 12.3. The second-order valence-corrected chi connectivity index (χ2v) is 5.89. The molecular formula is C16H17F3N2O2. The molecule has 2 aromatic rings. The molecule has 3 rings (SSSR count). The number of benzene rings is 1. The molecule has 1 aromatic heterocycles. The predicted octanol–water partition coefficient (Wildman–Crippen LogP) is 3.07. The minimum Gasteiger partial charge on any atom is -0.383 e. The Morgan fingerprint density at radius 3 is 2.78 bits per heavy atom. The van der Waals surface area contributed by atoms with Gasteiger partial charge in [-0.05, 0) is 37.4 Å². The molecule has 0 spiro atoms. The minimum absolute atomic E-state index is 0.0532. The van der Waals surface area contributed by atoms with E-state index in [0.29, 0.717) is 17.7 Å². The summed E-state index contributed by atoms with van der Waals surface area (Å²) in [7, 11) is 0. The van der Waals surface area contributed by atoms with Crippen LogP contribution in [0.4, 0.5) is 13.2 Å². The number of hydrogen-bond acceptors (Lipinski definition) is 3. The maximum atomic E-state index is 12.8. The van der Waals surface area contributed by atoms with Crippen molar-refractivity contribution < 1.29 is 17.7 Å². The minimum atomic E-state index is -4.33. The number of halogens is 3. The molecule has 4 nitrogen and oxygen atoms in total. The van der Waals surface area contributed by atoms with Gasteiger partial charge in [0.25, 0.3) is 5.56 Å². The Balaban J connectivity index is 1.69. The summed E-state index contributed by atoms with van der Waals surface area (Å²) in [4.78, 5) is 11.2. The number of alkyl halides is 3. The lowest BCUT2D eigenvalue weighted by atomic mass is 9.87. The maximum Gasteiger partial charge on any atom is 0.416 e. The standard InChI is InChI=1S/C16H17F3N2O2/c17-16(18,19)12-3-1-2-10(6-12)7-13-8-11(4-5-20-13)14-9-15(22)21-23-14/h1-3,6,9,11,13,20H,4-5,7-8H2,(H,21,22)/t11-,13+/m0/s1.